The number of aliphatic hydroxyl groups excluding tert-OH is 1. The summed E-state index contributed by atoms with van der Waals surface area (Å²) in [4.78, 5) is 12.6. The first-order chi connectivity index (χ1) is 10.8. The Bertz CT molecular complexity index is 758. The first-order valence-electron chi connectivity index (χ1n) is 6.79. The van der Waals surface area contributed by atoms with Gasteiger partial charge in [-0.1, -0.05) is 0 Å². The van der Waals surface area contributed by atoms with E-state index in [0.29, 0.717) is 11.2 Å². The van der Waals surface area contributed by atoms with Crippen LogP contribution in [0.3, 0.4) is 0 Å². The van der Waals surface area contributed by atoms with Crippen molar-refractivity contribution in [2.45, 2.75) is 30.9 Å². The first-order valence-corrected chi connectivity index (χ1v) is 8.05. The Balaban J connectivity index is 1.97. The summed E-state index contributed by atoms with van der Waals surface area (Å²) in [6.07, 6.45) is -3.15. The van der Waals surface area contributed by atoms with E-state index in [1.54, 1.807) is 12.1 Å². The van der Waals surface area contributed by atoms with Crippen LogP contribution in [0.25, 0.3) is 5.52 Å². The number of halogens is 1. The standard InChI is InChI=1S/C12H16FN4O5P/c1-12(8-3-2-6-11(14)15-5-16-17(6)8)10(13)9(18)7(22-12)4-21-23(19)20/h2-3,5,7,9-10,18,23H,4H2,1H3,(H,19,20)(H2,14,15,16)/t7-,9-,10-,12+/m1/s1. The Morgan fingerprint density at radius 1 is 1.61 bits per heavy atom. The molecule has 3 heterocycles. The van der Waals surface area contributed by atoms with Crippen LogP contribution in [0, 0.1) is 0 Å². The fraction of sp³-hybridized carbons (Fsp3) is 0.500. The number of nitrogens with zero attached hydrogens (tertiary/aromatic N) is 3. The molecule has 5 atom stereocenters. The van der Waals surface area contributed by atoms with Crippen molar-refractivity contribution in [3.05, 3.63) is 24.2 Å². The van der Waals surface area contributed by atoms with Gasteiger partial charge in [0.25, 0.3) is 0 Å². The lowest BCUT2D eigenvalue weighted by Crippen LogP contribution is -2.36. The molecule has 11 heteroatoms. The van der Waals surface area contributed by atoms with Crippen LogP contribution in [0.1, 0.15) is 12.6 Å². The summed E-state index contributed by atoms with van der Waals surface area (Å²) in [6.45, 7) is 1.06. The van der Waals surface area contributed by atoms with Crippen LogP contribution in [0.5, 0.6) is 0 Å². The predicted octanol–water partition coefficient (Wildman–Crippen LogP) is 0.0231. The van der Waals surface area contributed by atoms with Crippen molar-refractivity contribution in [3.63, 3.8) is 0 Å². The van der Waals surface area contributed by atoms with Gasteiger partial charge in [0.05, 0.1) is 12.3 Å². The number of hydrogen-bond acceptors (Lipinski definition) is 7. The molecule has 126 valence electrons. The lowest BCUT2D eigenvalue weighted by molar-refractivity contribution is -0.0748. The quantitative estimate of drug-likeness (QED) is 0.660. The highest BCUT2D eigenvalue weighted by Gasteiger charge is 2.55. The minimum Gasteiger partial charge on any atom is -0.387 e. The monoisotopic (exact) mass is 346 g/mol. The van der Waals surface area contributed by atoms with Crippen molar-refractivity contribution in [1.82, 2.24) is 14.6 Å². The van der Waals surface area contributed by atoms with Gasteiger partial charge in [0.2, 0.25) is 0 Å². The zero-order valence-electron chi connectivity index (χ0n) is 12.1. The van der Waals surface area contributed by atoms with Crippen LogP contribution in [-0.4, -0.2) is 49.6 Å². The van der Waals surface area contributed by atoms with E-state index in [2.05, 4.69) is 14.6 Å². The van der Waals surface area contributed by atoms with E-state index in [-0.39, 0.29) is 5.82 Å². The molecular weight excluding hydrogens is 330 g/mol. The first kappa shape index (κ1) is 16.3. The zero-order valence-corrected chi connectivity index (χ0v) is 13.1. The molecule has 1 saturated heterocycles. The van der Waals surface area contributed by atoms with Crippen LogP contribution in [0.4, 0.5) is 10.2 Å². The van der Waals surface area contributed by atoms with Crippen LogP contribution < -0.4 is 5.73 Å². The Morgan fingerprint density at radius 3 is 3.04 bits per heavy atom. The van der Waals surface area contributed by atoms with Gasteiger partial charge < -0.3 is 25.0 Å². The summed E-state index contributed by atoms with van der Waals surface area (Å²) in [6, 6.07) is 3.20. The number of nitrogens with two attached hydrogens (primary N) is 1. The Labute approximate surface area is 130 Å². The molecular formula is C12H16FN4O5P. The Morgan fingerprint density at radius 2 is 2.35 bits per heavy atom. The molecule has 23 heavy (non-hydrogen) atoms. The Hall–Kier alpha value is -1.58. The van der Waals surface area contributed by atoms with Crippen LogP contribution >= 0.6 is 8.25 Å². The Kier molecular flexibility index (Phi) is 4.11. The van der Waals surface area contributed by atoms with Gasteiger partial charge in [0.1, 0.15) is 29.7 Å². The second kappa shape index (κ2) is 5.81. The van der Waals surface area contributed by atoms with E-state index in [4.69, 9.17) is 15.4 Å². The second-order valence-electron chi connectivity index (χ2n) is 5.39. The van der Waals surface area contributed by atoms with Crippen molar-refractivity contribution >= 4 is 19.6 Å². The van der Waals surface area contributed by atoms with E-state index in [1.807, 2.05) is 0 Å². The number of hydrogen-bond donors (Lipinski definition) is 3. The maximum atomic E-state index is 14.7. The highest BCUT2D eigenvalue weighted by molar-refractivity contribution is 7.32. The molecule has 0 saturated carbocycles. The molecule has 1 unspecified atom stereocenters. The van der Waals surface area contributed by atoms with Gasteiger partial charge in [0, 0.05) is 0 Å². The normalized spacial score (nSPS) is 32.4. The molecule has 2 aromatic rings. The highest BCUT2D eigenvalue weighted by Crippen LogP contribution is 2.42. The lowest BCUT2D eigenvalue weighted by Gasteiger charge is -2.26. The molecule has 9 nitrogen and oxygen atoms in total. The number of alkyl halides is 1. The zero-order chi connectivity index (χ0) is 16.8. The maximum absolute atomic E-state index is 14.7. The second-order valence-corrected chi connectivity index (χ2v) is 6.21. The smallest absolute Gasteiger partial charge is 0.316 e. The number of aromatic nitrogens is 3. The molecule has 4 N–H and O–H groups in total. The molecule has 1 aliphatic heterocycles. The summed E-state index contributed by atoms with van der Waals surface area (Å²) in [7, 11) is -3.20. The predicted molar refractivity (Wildman–Crippen MR) is 77.7 cm³/mol. The molecule has 2 aromatic heterocycles. The summed E-state index contributed by atoms with van der Waals surface area (Å²) in [5, 5.41) is 14.0. The van der Waals surface area contributed by atoms with Crippen LogP contribution in [0.2, 0.25) is 0 Å². The van der Waals surface area contributed by atoms with E-state index in [0.717, 1.165) is 0 Å². The third-order valence-corrected chi connectivity index (χ3v) is 4.38. The number of rotatable bonds is 4. The van der Waals surface area contributed by atoms with Crippen molar-refractivity contribution < 1.29 is 28.2 Å². The van der Waals surface area contributed by atoms with E-state index in [9.17, 15) is 14.1 Å². The van der Waals surface area contributed by atoms with Crippen molar-refractivity contribution in [2.75, 3.05) is 12.3 Å². The number of aliphatic hydroxyl groups is 1. The summed E-state index contributed by atoms with van der Waals surface area (Å²) in [5.41, 5.74) is 5.05. The molecule has 0 bridgehead atoms. The number of fused-ring (bicyclic) bond motifs is 1. The highest BCUT2D eigenvalue weighted by atomic mass is 31.1. The fourth-order valence-electron chi connectivity index (χ4n) is 2.78. The topological polar surface area (TPSA) is 132 Å². The summed E-state index contributed by atoms with van der Waals surface area (Å²) in [5.74, 6) is 0.225. The fourth-order valence-corrected chi connectivity index (χ4v) is 3.09. The minimum atomic E-state index is -3.20. The minimum absolute atomic E-state index is 0.225. The van der Waals surface area contributed by atoms with E-state index < -0.39 is 38.8 Å². The SMILES string of the molecule is C[C@@]1(c2ccc3c(N)ncnn23)O[C@H](CO[PH](=O)O)[C@@H](O)[C@H]1F. The van der Waals surface area contributed by atoms with Crippen LogP contribution in [-0.2, 0) is 19.4 Å². The van der Waals surface area contributed by atoms with E-state index >= 15 is 0 Å². The molecule has 0 amide bonds. The van der Waals surface area contributed by atoms with Gasteiger partial charge >= 0.3 is 8.25 Å². The largest absolute Gasteiger partial charge is 0.387 e. The maximum Gasteiger partial charge on any atom is 0.316 e. The van der Waals surface area contributed by atoms with Crippen molar-refractivity contribution in [2.24, 2.45) is 0 Å². The molecule has 0 aliphatic carbocycles. The van der Waals surface area contributed by atoms with Crippen LogP contribution in [0.15, 0.2) is 18.5 Å². The van der Waals surface area contributed by atoms with Crippen molar-refractivity contribution in [3.8, 4) is 0 Å². The lowest BCUT2D eigenvalue weighted by atomic mass is 9.94. The van der Waals surface area contributed by atoms with Gasteiger partial charge in [-0.3, -0.25) is 4.57 Å². The van der Waals surface area contributed by atoms with Gasteiger partial charge in [-0.2, -0.15) is 5.10 Å². The molecule has 0 spiro atoms. The molecule has 3 rings (SSSR count). The van der Waals surface area contributed by atoms with Gasteiger partial charge in [-0.25, -0.2) is 13.9 Å². The summed E-state index contributed by atoms with van der Waals surface area (Å²) >= 11 is 0. The molecule has 0 radical (unpaired) electrons. The van der Waals surface area contributed by atoms with E-state index in [1.165, 1.54) is 17.8 Å². The summed E-state index contributed by atoms with van der Waals surface area (Å²) < 4.78 is 36.9. The molecule has 1 fully saturated rings. The average molecular weight is 346 g/mol. The molecule has 0 aromatic carbocycles. The number of nitrogen functional groups attached to an aromatic ring is 1. The van der Waals surface area contributed by atoms with Gasteiger partial charge in [-0.05, 0) is 19.1 Å². The van der Waals surface area contributed by atoms with Crippen molar-refractivity contribution in [1.29, 1.82) is 0 Å². The van der Waals surface area contributed by atoms with Gasteiger partial charge in [0.15, 0.2) is 12.0 Å². The average Bonchev–Trinajstić information content (AvgIpc) is 3.03. The third kappa shape index (κ3) is 2.62. The molecule has 1 aliphatic rings. The third-order valence-electron chi connectivity index (χ3n) is 3.96. The van der Waals surface area contributed by atoms with Gasteiger partial charge in [-0.15, -0.1) is 0 Å². The number of anilines is 1. The number of ether oxygens (including phenoxy) is 1.